The van der Waals surface area contributed by atoms with Crippen molar-refractivity contribution in [3.8, 4) is 11.3 Å². The molecular formula is C19H14F3NO2. The molecule has 0 saturated heterocycles. The van der Waals surface area contributed by atoms with Crippen LogP contribution in [0.1, 0.15) is 12.2 Å². The minimum atomic E-state index is -0.713. The molecule has 3 nitrogen and oxygen atoms in total. The number of aryl methyl sites for hydroxylation is 1. The first kappa shape index (κ1) is 16.8. The summed E-state index contributed by atoms with van der Waals surface area (Å²) in [7, 11) is 0. The van der Waals surface area contributed by atoms with Gasteiger partial charge in [-0.3, -0.25) is 4.79 Å². The van der Waals surface area contributed by atoms with E-state index in [4.69, 9.17) is 4.42 Å². The topological polar surface area (TPSA) is 42.2 Å². The summed E-state index contributed by atoms with van der Waals surface area (Å²) in [6, 6.07) is 12.3. The number of carbonyl (C=O) groups is 1. The molecule has 3 rings (SSSR count). The van der Waals surface area contributed by atoms with Gasteiger partial charge in [0.05, 0.1) is 11.3 Å². The van der Waals surface area contributed by atoms with E-state index in [-0.39, 0.29) is 18.5 Å². The van der Waals surface area contributed by atoms with Crippen LogP contribution in [0.25, 0.3) is 11.3 Å². The number of halogens is 3. The van der Waals surface area contributed by atoms with E-state index in [0.717, 1.165) is 18.2 Å². The normalized spacial score (nSPS) is 10.7. The molecule has 0 spiro atoms. The number of amides is 1. The van der Waals surface area contributed by atoms with Gasteiger partial charge in [0.1, 0.15) is 29.0 Å². The molecule has 0 fully saturated rings. The largest absolute Gasteiger partial charge is 0.461 e. The third kappa shape index (κ3) is 4.09. The molecule has 0 atom stereocenters. The van der Waals surface area contributed by atoms with Gasteiger partial charge in [-0.05, 0) is 36.4 Å². The Balaban J connectivity index is 1.61. The number of carbonyl (C=O) groups excluding carboxylic acids is 1. The van der Waals surface area contributed by atoms with Gasteiger partial charge in [0.2, 0.25) is 5.91 Å². The van der Waals surface area contributed by atoms with Gasteiger partial charge >= 0.3 is 0 Å². The Bertz CT molecular complexity index is 905. The molecule has 0 radical (unpaired) electrons. The fourth-order valence-electron chi connectivity index (χ4n) is 2.36. The van der Waals surface area contributed by atoms with Crippen molar-refractivity contribution >= 4 is 11.6 Å². The van der Waals surface area contributed by atoms with Crippen LogP contribution in [0.2, 0.25) is 0 Å². The van der Waals surface area contributed by atoms with Crippen molar-refractivity contribution < 1.29 is 22.4 Å². The highest BCUT2D eigenvalue weighted by Gasteiger charge is 2.12. The first-order valence-electron chi connectivity index (χ1n) is 7.61. The summed E-state index contributed by atoms with van der Waals surface area (Å²) in [6.07, 6.45) is 0.261. The second-order valence-electron chi connectivity index (χ2n) is 5.42. The zero-order valence-electron chi connectivity index (χ0n) is 13.1. The Morgan fingerprint density at radius 1 is 0.960 bits per heavy atom. The van der Waals surface area contributed by atoms with Gasteiger partial charge in [-0.1, -0.05) is 12.1 Å². The molecule has 0 aliphatic heterocycles. The van der Waals surface area contributed by atoms with E-state index in [1.54, 1.807) is 30.3 Å². The smallest absolute Gasteiger partial charge is 0.224 e. The van der Waals surface area contributed by atoms with Gasteiger partial charge < -0.3 is 9.73 Å². The number of benzene rings is 2. The highest BCUT2D eigenvalue weighted by Crippen LogP contribution is 2.25. The average molecular weight is 345 g/mol. The van der Waals surface area contributed by atoms with Crippen LogP contribution in [0.4, 0.5) is 18.9 Å². The molecule has 6 heteroatoms. The predicted molar refractivity (Wildman–Crippen MR) is 87.4 cm³/mol. The van der Waals surface area contributed by atoms with Crippen LogP contribution in [0.15, 0.2) is 59.0 Å². The lowest BCUT2D eigenvalue weighted by Gasteiger charge is -2.06. The highest BCUT2D eigenvalue weighted by atomic mass is 19.1. The van der Waals surface area contributed by atoms with E-state index in [0.29, 0.717) is 17.1 Å². The van der Waals surface area contributed by atoms with Crippen LogP contribution in [0.5, 0.6) is 0 Å². The average Bonchev–Trinajstić information content (AvgIpc) is 3.05. The van der Waals surface area contributed by atoms with Crippen molar-refractivity contribution in [2.24, 2.45) is 0 Å². The first-order chi connectivity index (χ1) is 12.0. The fourth-order valence-corrected chi connectivity index (χ4v) is 2.36. The lowest BCUT2D eigenvalue weighted by atomic mass is 10.1. The Labute approximate surface area is 142 Å². The van der Waals surface area contributed by atoms with Crippen LogP contribution in [0.3, 0.4) is 0 Å². The van der Waals surface area contributed by atoms with E-state index in [1.165, 1.54) is 6.07 Å². The minimum absolute atomic E-state index is 0.0141. The van der Waals surface area contributed by atoms with Crippen LogP contribution < -0.4 is 5.32 Å². The van der Waals surface area contributed by atoms with Crippen LogP contribution in [-0.2, 0) is 11.2 Å². The molecule has 0 unspecified atom stereocenters. The minimum Gasteiger partial charge on any atom is -0.461 e. The van der Waals surface area contributed by atoms with E-state index >= 15 is 0 Å². The maximum atomic E-state index is 13.7. The molecule has 2 aromatic carbocycles. The number of rotatable bonds is 5. The summed E-state index contributed by atoms with van der Waals surface area (Å²) < 4.78 is 45.8. The van der Waals surface area contributed by atoms with Crippen molar-refractivity contribution in [1.82, 2.24) is 0 Å². The highest BCUT2D eigenvalue weighted by molar-refractivity contribution is 5.90. The molecule has 1 N–H and O–H groups in total. The van der Waals surface area contributed by atoms with Crippen molar-refractivity contribution in [3.63, 3.8) is 0 Å². The molecule has 1 amide bonds. The SMILES string of the molecule is O=C(CCc1ccc(-c2ccccc2F)o1)Nc1cc(F)ccc1F. The van der Waals surface area contributed by atoms with Gasteiger partial charge in [-0.25, -0.2) is 13.2 Å². The van der Waals surface area contributed by atoms with Crippen molar-refractivity contribution in [1.29, 1.82) is 0 Å². The quantitative estimate of drug-likeness (QED) is 0.712. The van der Waals surface area contributed by atoms with E-state index in [9.17, 15) is 18.0 Å². The summed E-state index contributed by atoms with van der Waals surface area (Å²) in [5.74, 6) is -1.37. The molecule has 0 aliphatic carbocycles. The molecule has 128 valence electrons. The lowest BCUT2D eigenvalue weighted by Crippen LogP contribution is -2.13. The van der Waals surface area contributed by atoms with Gasteiger partial charge in [-0.2, -0.15) is 0 Å². The summed E-state index contributed by atoms with van der Waals surface area (Å²) >= 11 is 0. The maximum Gasteiger partial charge on any atom is 0.224 e. The summed E-state index contributed by atoms with van der Waals surface area (Å²) in [5.41, 5.74) is 0.122. The molecule has 3 aromatic rings. The standard InChI is InChI=1S/C19H14F3NO2/c20-12-5-8-16(22)17(11-12)23-19(24)10-7-13-6-9-18(25-13)14-3-1-2-4-15(14)21/h1-6,8-9,11H,7,10H2,(H,23,24). The Morgan fingerprint density at radius 3 is 2.56 bits per heavy atom. The molecule has 1 heterocycles. The van der Waals surface area contributed by atoms with Crippen LogP contribution >= 0.6 is 0 Å². The molecule has 0 saturated carbocycles. The number of hydrogen-bond donors (Lipinski definition) is 1. The van der Waals surface area contributed by atoms with Gasteiger partial charge in [0.15, 0.2) is 0 Å². The first-order valence-corrected chi connectivity index (χ1v) is 7.61. The number of hydrogen-bond acceptors (Lipinski definition) is 2. The summed E-state index contributed by atoms with van der Waals surface area (Å²) in [4.78, 5) is 11.9. The Hall–Kier alpha value is -3.02. The van der Waals surface area contributed by atoms with Crippen molar-refractivity contribution in [2.75, 3.05) is 5.32 Å². The second-order valence-corrected chi connectivity index (χ2v) is 5.42. The monoisotopic (exact) mass is 345 g/mol. The zero-order chi connectivity index (χ0) is 17.8. The Kier molecular flexibility index (Phi) is 4.88. The Morgan fingerprint density at radius 2 is 1.76 bits per heavy atom. The fraction of sp³-hybridized carbons (Fsp3) is 0.105. The third-order valence-electron chi connectivity index (χ3n) is 3.60. The molecule has 0 aliphatic rings. The summed E-state index contributed by atoms with van der Waals surface area (Å²) in [5, 5.41) is 2.31. The third-order valence-corrected chi connectivity index (χ3v) is 3.60. The van der Waals surface area contributed by atoms with E-state index in [2.05, 4.69) is 5.32 Å². The van der Waals surface area contributed by atoms with Gasteiger partial charge in [-0.15, -0.1) is 0 Å². The number of anilines is 1. The van der Waals surface area contributed by atoms with Gasteiger partial charge in [0, 0.05) is 18.9 Å². The van der Waals surface area contributed by atoms with Crippen molar-refractivity contribution in [2.45, 2.75) is 12.8 Å². The van der Waals surface area contributed by atoms with Gasteiger partial charge in [0.25, 0.3) is 0 Å². The van der Waals surface area contributed by atoms with Crippen LogP contribution in [0, 0.1) is 17.5 Å². The maximum absolute atomic E-state index is 13.7. The zero-order valence-corrected chi connectivity index (χ0v) is 13.1. The predicted octanol–water partition coefficient (Wildman–Crippen LogP) is 4.94. The summed E-state index contributed by atoms with van der Waals surface area (Å²) in [6.45, 7) is 0. The second kappa shape index (κ2) is 7.25. The molecule has 25 heavy (non-hydrogen) atoms. The van der Waals surface area contributed by atoms with Crippen molar-refractivity contribution in [3.05, 3.63) is 77.8 Å². The van der Waals surface area contributed by atoms with Crippen LogP contribution in [-0.4, -0.2) is 5.91 Å². The van der Waals surface area contributed by atoms with E-state index < -0.39 is 23.4 Å². The molecule has 1 aromatic heterocycles. The molecule has 0 bridgehead atoms. The molecular weight excluding hydrogens is 331 g/mol. The number of furan rings is 1. The lowest BCUT2D eigenvalue weighted by molar-refractivity contribution is -0.116. The number of nitrogens with one attached hydrogen (secondary N) is 1. The van der Waals surface area contributed by atoms with E-state index in [1.807, 2.05) is 0 Å².